The summed E-state index contributed by atoms with van der Waals surface area (Å²) in [5, 5.41) is 0.358. The van der Waals surface area contributed by atoms with Crippen molar-refractivity contribution in [1.29, 1.82) is 0 Å². The van der Waals surface area contributed by atoms with Crippen molar-refractivity contribution < 1.29 is 14.3 Å². The molecule has 21 heavy (non-hydrogen) atoms. The van der Waals surface area contributed by atoms with Gasteiger partial charge in [-0.15, -0.1) is 0 Å². The molecule has 2 aromatic carbocycles. The maximum absolute atomic E-state index is 11.9. The first-order valence-corrected chi connectivity index (χ1v) is 7.15. The Labute approximate surface area is 135 Å². The molecule has 0 aromatic heterocycles. The fraction of sp³-hybridized carbons (Fsp3) is 0.0667. The zero-order valence-corrected chi connectivity index (χ0v) is 13.1. The van der Waals surface area contributed by atoms with E-state index >= 15 is 0 Å². The highest BCUT2D eigenvalue weighted by atomic mass is 79.9. The molecule has 0 aliphatic rings. The average molecular weight is 369 g/mol. The first-order chi connectivity index (χ1) is 9.97. The van der Waals surface area contributed by atoms with Crippen LogP contribution >= 0.6 is 27.5 Å². The molecule has 0 aliphatic carbocycles. The smallest absolute Gasteiger partial charge is 0.338 e. The first kappa shape index (κ1) is 15.5. The van der Waals surface area contributed by atoms with Gasteiger partial charge in [0, 0.05) is 10.0 Å². The highest BCUT2D eigenvalue weighted by Gasteiger charge is 2.13. The average Bonchev–Trinajstić information content (AvgIpc) is 2.47. The van der Waals surface area contributed by atoms with E-state index in [1.807, 2.05) is 0 Å². The summed E-state index contributed by atoms with van der Waals surface area (Å²) in [5.74, 6) is -0.909. The number of anilines is 1. The highest BCUT2D eigenvalue weighted by Crippen LogP contribution is 2.20. The zero-order chi connectivity index (χ0) is 15.4. The van der Waals surface area contributed by atoms with Crippen molar-refractivity contribution in [3.05, 3.63) is 63.1 Å². The van der Waals surface area contributed by atoms with Gasteiger partial charge in [0.05, 0.1) is 16.3 Å². The lowest BCUT2D eigenvalue weighted by Gasteiger charge is -2.06. The van der Waals surface area contributed by atoms with Crippen LogP contribution < -0.4 is 5.73 Å². The van der Waals surface area contributed by atoms with Crippen LogP contribution in [0.1, 0.15) is 20.7 Å². The minimum Gasteiger partial charge on any atom is -0.454 e. The summed E-state index contributed by atoms with van der Waals surface area (Å²) in [6, 6.07) is 11.3. The van der Waals surface area contributed by atoms with Gasteiger partial charge in [0.1, 0.15) is 0 Å². The van der Waals surface area contributed by atoms with Gasteiger partial charge in [-0.25, -0.2) is 4.79 Å². The van der Waals surface area contributed by atoms with Crippen molar-refractivity contribution in [2.45, 2.75) is 0 Å². The molecule has 0 spiro atoms. The standard InChI is InChI=1S/C15H11BrClNO3/c16-11-3-1-2-9(6-11)14(19)8-21-15(20)10-4-5-12(17)13(18)7-10/h1-7H,8,18H2. The first-order valence-electron chi connectivity index (χ1n) is 5.98. The third-order valence-electron chi connectivity index (χ3n) is 2.71. The molecule has 0 saturated carbocycles. The normalized spacial score (nSPS) is 10.2. The Morgan fingerprint density at radius 2 is 1.90 bits per heavy atom. The number of carbonyl (C=O) groups excluding carboxylic acids is 2. The van der Waals surface area contributed by atoms with Gasteiger partial charge in [0.15, 0.2) is 12.4 Å². The van der Waals surface area contributed by atoms with E-state index in [1.54, 1.807) is 24.3 Å². The van der Waals surface area contributed by atoms with Crippen LogP contribution in [0.5, 0.6) is 0 Å². The lowest BCUT2D eigenvalue weighted by Crippen LogP contribution is -2.14. The number of benzene rings is 2. The number of nitrogens with two attached hydrogens (primary N) is 1. The number of rotatable bonds is 4. The Morgan fingerprint density at radius 1 is 1.14 bits per heavy atom. The summed E-state index contributed by atoms with van der Waals surface area (Å²) in [5.41, 5.74) is 6.61. The van der Waals surface area contributed by atoms with Crippen LogP contribution in [0.15, 0.2) is 46.9 Å². The van der Waals surface area contributed by atoms with Crippen molar-refractivity contribution in [2.75, 3.05) is 12.3 Å². The zero-order valence-electron chi connectivity index (χ0n) is 10.8. The number of esters is 1. The molecule has 2 rings (SSSR count). The second-order valence-corrected chi connectivity index (χ2v) is 5.57. The number of nitrogen functional groups attached to an aromatic ring is 1. The monoisotopic (exact) mass is 367 g/mol. The third kappa shape index (κ3) is 4.06. The Kier molecular flexibility index (Phi) is 4.98. The van der Waals surface area contributed by atoms with Crippen molar-refractivity contribution in [2.24, 2.45) is 0 Å². The Morgan fingerprint density at radius 3 is 2.57 bits per heavy atom. The third-order valence-corrected chi connectivity index (χ3v) is 3.55. The lowest BCUT2D eigenvalue weighted by atomic mass is 10.1. The molecule has 0 heterocycles. The Hall–Kier alpha value is -1.85. The van der Waals surface area contributed by atoms with E-state index in [0.717, 1.165) is 4.47 Å². The van der Waals surface area contributed by atoms with Gasteiger partial charge in [-0.3, -0.25) is 4.79 Å². The summed E-state index contributed by atoms with van der Waals surface area (Å²) in [4.78, 5) is 23.7. The molecule has 2 N–H and O–H groups in total. The predicted molar refractivity (Wildman–Crippen MR) is 84.6 cm³/mol. The van der Waals surface area contributed by atoms with E-state index in [0.29, 0.717) is 10.6 Å². The molecule has 0 aliphatic heterocycles. The second-order valence-electron chi connectivity index (χ2n) is 4.25. The maximum Gasteiger partial charge on any atom is 0.338 e. The van der Waals surface area contributed by atoms with Crippen molar-refractivity contribution in [1.82, 2.24) is 0 Å². The largest absolute Gasteiger partial charge is 0.454 e. The van der Waals surface area contributed by atoms with Gasteiger partial charge in [-0.2, -0.15) is 0 Å². The van der Waals surface area contributed by atoms with Gasteiger partial charge < -0.3 is 10.5 Å². The Balaban J connectivity index is 2.00. The summed E-state index contributed by atoms with van der Waals surface area (Å²) < 4.78 is 5.76. The number of Topliss-reactive ketones (excluding diaryl/α,β-unsaturated/α-hetero) is 1. The molecule has 0 atom stereocenters. The number of hydrogen-bond donors (Lipinski definition) is 1. The number of ketones is 1. The molecule has 0 radical (unpaired) electrons. The van der Waals surface area contributed by atoms with Crippen LogP contribution in [0.3, 0.4) is 0 Å². The van der Waals surface area contributed by atoms with Crippen molar-refractivity contribution >= 4 is 45.0 Å². The van der Waals surface area contributed by atoms with Gasteiger partial charge >= 0.3 is 5.97 Å². The molecule has 2 aromatic rings. The number of hydrogen-bond acceptors (Lipinski definition) is 4. The number of carbonyl (C=O) groups is 2. The lowest BCUT2D eigenvalue weighted by molar-refractivity contribution is 0.0475. The second kappa shape index (κ2) is 6.74. The molecule has 108 valence electrons. The molecule has 0 bridgehead atoms. The number of ether oxygens (including phenoxy) is 1. The van der Waals surface area contributed by atoms with Crippen LogP contribution in [0.4, 0.5) is 5.69 Å². The minimum absolute atomic E-state index is 0.249. The summed E-state index contributed by atoms with van der Waals surface area (Å²) >= 11 is 9.05. The Bertz CT molecular complexity index is 703. The molecule has 4 nitrogen and oxygen atoms in total. The highest BCUT2D eigenvalue weighted by molar-refractivity contribution is 9.10. The van der Waals surface area contributed by atoms with E-state index in [-0.39, 0.29) is 23.6 Å². The van der Waals surface area contributed by atoms with Gasteiger partial charge in [0.2, 0.25) is 0 Å². The van der Waals surface area contributed by atoms with Crippen LogP contribution in [-0.2, 0) is 4.74 Å². The molecular weight excluding hydrogens is 358 g/mol. The van der Waals surface area contributed by atoms with Gasteiger partial charge in [-0.05, 0) is 30.3 Å². The number of halogens is 2. The van der Waals surface area contributed by atoms with E-state index in [4.69, 9.17) is 22.1 Å². The van der Waals surface area contributed by atoms with Crippen LogP contribution in [-0.4, -0.2) is 18.4 Å². The summed E-state index contributed by atoms with van der Waals surface area (Å²) in [6.07, 6.45) is 0. The van der Waals surface area contributed by atoms with Gasteiger partial charge in [0.25, 0.3) is 0 Å². The van der Waals surface area contributed by atoms with Crippen molar-refractivity contribution in [3.63, 3.8) is 0 Å². The molecular formula is C15H11BrClNO3. The summed E-state index contributed by atoms with van der Waals surface area (Å²) in [7, 11) is 0. The van der Waals surface area contributed by atoms with Gasteiger partial charge in [-0.1, -0.05) is 39.7 Å². The topological polar surface area (TPSA) is 69.4 Å². The van der Waals surface area contributed by atoms with E-state index in [1.165, 1.54) is 18.2 Å². The SMILES string of the molecule is Nc1cc(C(=O)OCC(=O)c2cccc(Br)c2)ccc1Cl. The van der Waals surface area contributed by atoms with E-state index < -0.39 is 5.97 Å². The molecule has 0 unspecified atom stereocenters. The van der Waals surface area contributed by atoms with Crippen LogP contribution in [0, 0.1) is 0 Å². The van der Waals surface area contributed by atoms with E-state index in [9.17, 15) is 9.59 Å². The quantitative estimate of drug-likeness (QED) is 0.507. The summed E-state index contributed by atoms with van der Waals surface area (Å²) in [6.45, 7) is -0.335. The molecule has 0 amide bonds. The van der Waals surface area contributed by atoms with Crippen molar-refractivity contribution in [3.8, 4) is 0 Å². The van der Waals surface area contributed by atoms with E-state index in [2.05, 4.69) is 15.9 Å². The van der Waals surface area contributed by atoms with Crippen LogP contribution in [0.2, 0.25) is 5.02 Å². The fourth-order valence-corrected chi connectivity index (χ4v) is 2.15. The predicted octanol–water partition coefficient (Wildman–Crippen LogP) is 3.72. The maximum atomic E-state index is 11.9. The molecule has 6 heteroatoms. The van der Waals surface area contributed by atoms with Crippen LogP contribution in [0.25, 0.3) is 0 Å². The molecule has 0 saturated heterocycles. The fourth-order valence-electron chi connectivity index (χ4n) is 1.63. The molecule has 0 fully saturated rings. The minimum atomic E-state index is -0.623.